The molecule has 0 saturated carbocycles. The standard InChI is InChI=1S/C37H29ClN4O4S/c1-25-9-16-31(17-10-25)40-35(43)24-46-33-18-15-30(38)20-29(33)21-34-36(44)42(23-32-8-5-19-45-32)37(47-34)41-39-22-26-11-13-28(14-12-26)27-6-3-2-4-7-27/h2-22H,23-24H2,1H3,(H,40,43)/b34-21-,39-22-,41-37+. The van der Waals surface area contributed by atoms with Crippen molar-refractivity contribution in [3.05, 3.63) is 148 Å². The van der Waals surface area contributed by atoms with Gasteiger partial charge in [0.25, 0.3) is 11.8 Å². The SMILES string of the molecule is Cc1ccc(NC(=O)COc2ccc(Cl)cc2/C=C2\S/C(=N/N=C\c3ccc(-c4ccccc4)cc3)N(Cc3ccco3)C2=O)cc1. The maximum absolute atomic E-state index is 13.7. The number of ether oxygens (including phenoxy) is 1. The third kappa shape index (κ3) is 8.26. The molecule has 2 heterocycles. The van der Waals surface area contributed by atoms with Crippen molar-refractivity contribution in [1.29, 1.82) is 0 Å². The minimum Gasteiger partial charge on any atom is -0.483 e. The number of rotatable bonds is 10. The number of carbonyl (C=O) groups is 2. The van der Waals surface area contributed by atoms with Crippen LogP contribution in [0.2, 0.25) is 5.02 Å². The third-order valence-electron chi connectivity index (χ3n) is 7.10. The fourth-order valence-electron chi connectivity index (χ4n) is 4.70. The summed E-state index contributed by atoms with van der Waals surface area (Å²) < 4.78 is 11.4. The van der Waals surface area contributed by atoms with E-state index in [-0.39, 0.29) is 25.0 Å². The van der Waals surface area contributed by atoms with Gasteiger partial charge in [-0.15, -0.1) is 5.10 Å². The molecule has 1 aliphatic rings. The zero-order valence-electron chi connectivity index (χ0n) is 25.3. The molecule has 2 amide bonds. The van der Waals surface area contributed by atoms with Gasteiger partial charge in [0.15, 0.2) is 11.8 Å². The normalized spacial score (nSPS) is 14.8. The lowest BCUT2D eigenvalue weighted by Crippen LogP contribution is -2.28. The Balaban J connectivity index is 1.20. The number of thioether (sulfide) groups is 1. The predicted molar refractivity (Wildman–Crippen MR) is 188 cm³/mol. The summed E-state index contributed by atoms with van der Waals surface area (Å²) in [6.45, 7) is 1.92. The molecule has 0 spiro atoms. The Hall–Kier alpha value is -5.38. The summed E-state index contributed by atoms with van der Waals surface area (Å²) in [6.07, 6.45) is 4.87. The van der Waals surface area contributed by atoms with Gasteiger partial charge in [-0.05, 0) is 83.9 Å². The summed E-state index contributed by atoms with van der Waals surface area (Å²) in [5.41, 5.74) is 5.40. The number of nitrogens with zero attached hydrogens (tertiary/aromatic N) is 3. The van der Waals surface area contributed by atoms with Crippen LogP contribution >= 0.6 is 23.4 Å². The first kappa shape index (κ1) is 31.6. The van der Waals surface area contributed by atoms with Crippen molar-refractivity contribution in [2.45, 2.75) is 13.5 Å². The third-order valence-corrected chi connectivity index (χ3v) is 8.33. The molecular weight excluding hydrogens is 632 g/mol. The molecule has 8 nitrogen and oxygen atoms in total. The Morgan fingerprint density at radius 3 is 2.47 bits per heavy atom. The van der Waals surface area contributed by atoms with Crippen LogP contribution in [0.4, 0.5) is 5.69 Å². The summed E-state index contributed by atoms with van der Waals surface area (Å²) in [4.78, 5) is 28.1. The average Bonchev–Trinajstić information content (AvgIpc) is 3.70. The van der Waals surface area contributed by atoms with Crippen LogP contribution in [0.25, 0.3) is 17.2 Å². The van der Waals surface area contributed by atoms with Gasteiger partial charge in [-0.2, -0.15) is 5.10 Å². The first-order valence-electron chi connectivity index (χ1n) is 14.7. The lowest BCUT2D eigenvalue weighted by atomic mass is 10.0. The van der Waals surface area contributed by atoms with Crippen LogP contribution < -0.4 is 10.1 Å². The van der Waals surface area contributed by atoms with E-state index in [1.54, 1.807) is 48.9 Å². The molecule has 1 N–H and O–H groups in total. The molecule has 0 bridgehead atoms. The van der Waals surface area contributed by atoms with Gasteiger partial charge in [0, 0.05) is 16.3 Å². The molecular formula is C37H29ClN4O4S. The number of amidine groups is 1. The van der Waals surface area contributed by atoms with Gasteiger partial charge in [0.05, 0.1) is 23.9 Å². The summed E-state index contributed by atoms with van der Waals surface area (Å²) in [6, 6.07) is 34.1. The quantitative estimate of drug-likeness (QED) is 0.0921. The molecule has 234 valence electrons. The van der Waals surface area contributed by atoms with Crippen molar-refractivity contribution in [3.63, 3.8) is 0 Å². The Labute approximate surface area is 281 Å². The van der Waals surface area contributed by atoms with E-state index >= 15 is 0 Å². The molecule has 10 heteroatoms. The van der Waals surface area contributed by atoms with Crippen LogP contribution in [0.1, 0.15) is 22.5 Å². The molecule has 1 saturated heterocycles. The number of furan rings is 1. The van der Waals surface area contributed by atoms with Crippen LogP contribution in [-0.2, 0) is 16.1 Å². The molecule has 47 heavy (non-hydrogen) atoms. The van der Waals surface area contributed by atoms with Crippen molar-refractivity contribution >= 4 is 58.3 Å². The predicted octanol–water partition coefficient (Wildman–Crippen LogP) is 8.43. The highest BCUT2D eigenvalue weighted by Gasteiger charge is 2.34. The van der Waals surface area contributed by atoms with E-state index in [9.17, 15) is 9.59 Å². The first-order valence-corrected chi connectivity index (χ1v) is 15.9. The van der Waals surface area contributed by atoms with Crippen molar-refractivity contribution < 1.29 is 18.7 Å². The van der Waals surface area contributed by atoms with E-state index in [4.69, 9.17) is 20.8 Å². The molecule has 0 radical (unpaired) electrons. The fraction of sp³-hybridized carbons (Fsp3) is 0.0811. The van der Waals surface area contributed by atoms with E-state index in [0.717, 1.165) is 22.3 Å². The van der Waals surface area contributed by atoms with Crippen LogP contribution in [-0.4, -0.2) is 34.7 Å². The number of halogens is 1. The summed E-state index contributed by atoms with van der Waals surface area (Å²) in [5, 5.41) is 12.4. The molecule has 0 atom stereocenters. The number of carbonyl (C=O) groups excluding carboxylic acids is 2. The minimum absolute atomic E-state index is 0.175. The highest BCUT2D eigenvalue weighted by molar-refractivity contribution is 8.18. The molecule has 1 aliphatic heterocycles. The molecule has 0 aliphatic carbocycles. The Bertz CT molecular complexity index is 1960. The second kappa shape index (κ2) is 14.8. The van der Waals surface area contributed by atoms with Gasteiger partial charge in [-0.25, -0.2) is 0 Å². The summed E-state index contributed by atoms with van der Waals surface area (Å²) in [7, 11) is 0. The molecule has 1 fully saturated rings. The van der Waals surface area contributed by atoms with Gasteiger partial charge in [-0.3, -0.25) is 14.5 Å². The number of aryl methyl sites for hydroxylation is 1. The number of anilines is 1. The van der Waals surface area contributed by atoms with E-state index in [2.05, 4.69) is 27.7 Å². The fourth-order valence-corrected chi connectivity index (χ4v) is 5.81. The van der Waals surface area contributed by atoms with E-state index in [1.807, 2.05) is 73.7 Å². The Morgan fingerprint density at radius 2 is 1.72 bits per heavy atom. The second-order valence-corrected chi connectivity index (χ2v) is 12.0. The zero-order valence-corrected chi connectivity index (χ0v) is 26.9. The maximum atomic E-state index is 13.7. The monoisotopic (exact) mass is 660 g/mol. The van der Waals surface area contributed by atoms with Gasteiger partial charge in [-0.1, -0.05) is 83.9 Å². The molecule has 5 aromatic rings. The summed E-state index contributed by atoms with van der Waals surface area (Å²) >= 11 is 7.50. The smallest absolute Gasteiger partial charge is 0.267 e. The molecule has 0 unspecified atom stereocenters. The van der Waals surface area contributed by atoms with Gasteiger partial charge in [0.1, 0.15) is 11.5 Å². The van der Waals surface area contributed by atoms with Gasteiger partial charge < -0.3 is 14.5 Å². The second-order valence-electron chi connectivity index (χ2n) is 10.6. The Morgan fingerprint density at radius 1 is 0.957 bits per heavy atom. The van der Waals surface area contributed by atoms with E-state index < -0.39 is 0 Å². The highest BCUT2D eigenvalue weighted by Crippen LogP contribution is 2.36. The van der Waals surface area contributed by atoms with Crippen molar-refractivity contribution in [2.24, 2.45) is 10.2 Å². The number of amides is 2. The molecule has 4 aromatic carbocycles. The van der Waals surface area contributed by atoms with E-state index in [1.165, 1.54) is 16.7 Å². The lowest BCUT2D eigenvalue weighted by Gasteiger charge is -2.13. The topological polar surface area (TPSA) is 96.5 Å². The number of nitrogens with one attached hydrogen (secondary N) is 1. The largest absolute Gasteiger partial charge is 0.483 e. The molecule has 1 aromatic heterocycles. The zero-order chi connectivity index (χ0) is 32.6. The highest BCUT2D eigenvalue weighted by atomic mass is 35.5. The van der Waals surface area contributed by atoms with Crippen molar-refractivity contribution in [2.75, 3.05) is 11.9 Å². The van der Waals surface area contributed by atoms with Crippen molar-refractivity contribution in [3.8, 4) is 16.9 Å². The van der Waals surface area contributed by atoms with Crippen LogP contribution in [0.15, 0.2) is 135 Å². The number of hydrogen-bond donors (Lipinski definition) is 1. The first-order chi connectivity index (χ1) is 22.9. The van der Waals surface area contributed by atoms with Gasteiger partial charge >= 0.3 is 0 Å². The Kier molecular flexibility index (Phi) is 9.95. The lowest BCUT2D eigenvalue weighted by molar-refractivity contribution is -0.122. The number of benzene rings is 4. The van der Waals surface area contributed by atoms with Crippen LogP contribution in [0.5, 0.6) is 5.75 Å². The average molecular weight is 661 g/mol. The summed E-state index contributed by atoms with van der Waals surface area (Å²) in [5.74, 6) is 0.394. The molecule has 6 rings (SSSR count). The van der Waals surface area contributed by atoms with Crippen LogP contribution in [0, 0.1) is 6.92 Å². The van der Waals surface area contributed by atoms with Crippen LogP contribution in [0.3, 0.4) is 0 Å². The van der Waals surface area contributed by atoms with Gasteiger partial charge in [0.2, 0.25) is 0 Å². The minimum atomic E-state index is -0.319. The number of hydrogen-bond acceptors (Lipinski definition) is 7. The maximum Gasteiger partial charge on any atom is 0.267 e. The van der Waals surface area contributed by atoms with E-state index in [0.29, 0.717) is 37.9 Å². The van der Waals surface area contributed by atoms with Crippen molar-refractivity contribution in [1.82, 2.24) is 4.90 Å².